The molecule has 1 saturated heterocycles. The SMILES string of the molecule is N#CC1CN(CC(=O)c2ccc[nH]2)CCO1. The third kappa shape index (κ3) is 2.48. The minimum atomic E-state index is -0.412. The molecule has 5 nitrogen and oxygen atoms in total. The largest absolute Gasteiger partial charge is 0.361 e. The summed E-state index contributed by atoms with van der Waals surface area (Å²) in [5.41, 5.74) is 0.611. The summed E-state index contributed by atoms with van der Waals surface area (Å²) in [7, 11) is 0. The first kappa shape index (κ1) is 10.9. The molecule has 0 amide bonds. The van der Waals surface area contributed by atoms with E-state index in [0.717, 1.165) is 0 Å². The van der Waals surface area contributed by atoms with Crippen LogP contribution in [0.2, 0.25) is 0 Å². The van der Waals surface area contributed by atoms with Crippen molar-refractivity contribution in [3.8, 4) is 6.07 Å². The van der Waals surface area contributed by atoms with Crippen LogP contribution in [0, 0.1) is 11.3 Å². The monoisotopic (exact) mass is 219 g/mol. The number of carbonyl (C=O) groups excluding carboxylic acids is 1. The number of nitrogens with one attached hydrogen (secondary N) is 1. The van der Waals surface area contributed by atoms with Gasteiger partial charge >= 0.3 is 0 Å². The standard InChI is InChI=1S/C11H13N3O2/c12-6-9-7-14(4-5-16-9)8-11(15)10-2-1-3-13-10/h1-3,9,13H,4-5,7-8H2. The Morgan fingerprint density at radius 2 is 2.62 bits per heavy atom. The summed E-state index contributed by atoms with van der Waals surface area (Å²) in [6.07, 6.45) is 1.31. The van der Waals surface area contributed by atoms with Crippen LogP contribution in [0.4, 0.5) is 0 Å². The first-order valence-electron chi connectivity index (χ1n) is 5.20. The molecule has 0 radical (unpaired) electrons. The van der Waals surface area contributed by atoms with Gasteiger partial charge in [0.2, 0.25) is 0 Å². The number of aromatic nitrogens is 1. The van der Waals surface area contributed by atoms with Crippen LogP contribution in [0.3, 0.4) is 0 Å². The van der Waals surface area contributed by atoms with Gasteiger partial charge in [-0.3, -0.25) is 9.69 Å². The highest BCUT2D eigenvalue weighted by Gasteiger charge is 2.22. The molecule has 16 heavy (non-hydrogen) atoms. The molecule has 1 fully saturated rings. The third-order valence-corrected chi connectivity index (χ3v) is 2.56. The number of morpholine rings is 1. The van der Waals surface area contributed by atoms with Crippen LogP contribution >= 0.6 is 0 Å². The maximum atomic E-state index is 11.8. The number of Topliss-reactive ketones (excluding diaryl/α,β-unsaturated/α-hetero) is 1. The van der Waals surface area contributed by atoms with E-state index in [-0.39, 0.29) is 5.78 Å². The van der Waals surface area contributed by atoms with Crippen molar-refractivity contribution in [2.45, 2.75) is 6.10 Å². The molecule has 0 spiro atoms. The highest BCUT2D eigenvalue weighted by Crippen LogP contribution is 2.06. The van der Waals surface area contributed by atoms with Gasteiger partial charge in [0.25, 0.3) is 0 Å². The molecule has 0 saturated carbocycles. The Labute approximate surface area is 93.6 Å². The lowest BCUT2D eigenvalue weighted by Gasteiger charge is -2.28. The maximum absolute atomic E-state index is 11.8. The fraction of sp³-hybridized carbons (Fsp3) is 0.455. The van der Waals surface area contributed by atoms with E-state index in [4.69, 9.17) is 10.00 Å². The lowest BCUT2D eigenvalue weighted by atomic mass is 10.2. The molecule has 1 aromatic rings. The molecule has 1 atom stereocenters. The van der Waals surface area contributed by atoms with Crippen LogP contribution in [-0.2, 0) is 4.74 Å². The lowest BCUT2D eigenvalue weighted by Crippen LogP contribution is -2.44. The highest BCUT2D eigenvalue weighted by atomic mass is 16.5. The first-order chi connectivity index (χ1) is 7.79. The van der Waals surface area contributed by atoms with Crippen molar-refractivity contribution in [1.82, 2.24) is 9.88 Å². The van der Waals surface area contributed by atoms with Crippen molar-refractivity contribution in [1.29, 1.82) is 5.26 Å². The second kappa shape index (κ2) is 4.92. The first-order valence-corrected chi connectivity index (χ1v) is 5.20. The van der Waals surface area contributed by atoms with Crippen LogP contribution in [0.25, 0.3) is 0 Å². The van der Waals surface area contributed by atoms with E-state index in [9.17, 15) is 4.79 Å². The molecule has 1 unspecified atom stereocenters. The molecule has 2 heterocycles. The Kier molecular flexibility index (Phi) is 3.34. The molecule has 1 aromatic heterocycles. The Morgan fingerprint density at radius 1 is 1.75 bits per heavy atom. The summed E-state index contributed by atoms with van der Waals surface area (Å²) >= 11 is 0. The second-order valence-electron chi connectivity index (χ2n) is 3.73. The van der Waals surface area contributed by atoms with Gasteiger partial charge in [0, 0.05) is 19.3 Å². The number of carbonyl (C=O) groups is 1. The number of ether oxygens (including phenoxy) is 1. The van der Waals surface area contributed by atoms with Gasteiger partial charge in [0.15, 0.2) is 11.9 Å². The van der Waals surface area contributed by atoms with Gasteiger partial charge in [-0.15, -0.1) is 0 Å². The summed E-state index contributed by atoms with van der Waals surface area (Å²) in [5.74, 6) is 0.0450. The molecular formula is C11H13N3O2. The average molecular weight is 219 g/mol. The van der Waals surface area contributed by atoms with Crippen LogP contribution in [0.1, 0.15) is 10.5 Å². The Balaban J connectivity index is 1.90. The highest BCUT2D eigenvalue weighted by molar-refractivity contribution is 5.95. The summed E-state index contributed by atoms with van der Waals surface area (Å²) in [6.45, 7) is 2.05. The van der Waals surface area contributed by atoms with Crippen molar-refractivity contribution in [3.05, 3.63) is 24.0 Å². The Hall–Kier alpha value is -1.64. The number of H-pyrrole nitrogens is 1. The molecule has 0 aliphatic carbocycles. The van der Waals surface area contributed by atoms with Crippen molar-refractivity contribution < 1.29 is 9.53 Å². The van der Waals surface area contributed by atoms with E-state index in [1.54, 1.807) is 18.3 Å². The topological polar surface area (TPSA) is 69.1 Å². The number of aromatic amines is 1. The van der Waals surface area contributed by atoms with E-state index in [2.05, 4.69) is 11.1 Å². The fourth-order valence-electron chi connectivity index (χ4n) is 1.72. The molecule has 84 valence electrons. The van der Waals surface area contributed by atoms with Gasteiger partial charge in [-0.2, -0.15) is 5.26 Å². The maximum Gasteiger partial charge on any atom is 0.192 e. The average Bonchev–Trinajstić information content (AvgIpc) is 2.83. The number of hydrogen-bond acceptors (Lipinski definition) is 4. The molecule has 0 bridgehead atoms. The zero-order valence-electron chi connectivity index (χ0n) is 8.85. The zero-order valence-corrected chi connectivity index (χ0v) is 8.85. The smallest absolute Gasteiger partial charge is 0.192 e. The number of rotatable bonds is 3. The van der Waals surface area contributed by atoms with Crippen molar-refractivity contribution in [3.63, 3.8) is 0 Å². The summed E-state index contributed by atoms with van der Waals surface area (Å²) in [6, 6.07) is 5.61. The Bertz CT molecular complexity index is 394. The van der Waals surface area contributed by atoms with Crippen molar-refractivity contribution in [2.75, 3.05) is 26.2 Å². The second-order valence-corrected chi connectivity index (χ2v) is 3.73. The molecule has 5 heteroatoms. The van der Waals surface area contributed by atoms with E-state index in [0.29, 0.717) is 31.9 Å². The number of ketones is 1. The number of nitrogens with zero attached hydrogens (tertiary/aromatic N) is 2. The number of nitriles is 1. The van der Waals surface area contributed by atoms with Crippen LogP contribution < -0.4 is 0 Å². The van der Waals surface area contributed by atoms with E-state index in [1.165, 1.54) is 0 Å². The van der Waals surface area contributed by atoms with Gasteiger partial charge in [-0.1, -0.05) is 0 Å². The van der Waals surface area contributed by atoms with Gasteiger partial charge < -0.3 is 9.72 Å². The van der Waals surface area contributed by atoms with Gasteiger partial charge in [0.05, 0.1) is 24.9 Å². The van der Waals surface area contributed by atoms with Crippen molar-refractivity contribution in [2.24, 2.45) is 0 Å². The van der Waals surface area contributed by atoms with E-state index < -0.39 is 6.10 Å². The molecular weight excluding hydrogens is 206 g/mol. The van der Waals surface area contributed by atoms with Crippen LogP contribution in [-0.4, -0.2) is 48.0 Å². The van der Waals surface area contributed by atoms with E-state index >= 15 is 0 Å². The summed E-state index contributed by atoms with van der Waals surface area (Å²) in [5, 5.41) is 8.73. The minimum absolute atomic E-state index is 0.0450. The van der Waals surface area contributed by atoms with E-state index in [1.807, 2.05) is 4.90 Å². The van der Waals surface area contributed by atoms with Gasteiger partial charge in [0.1, 0.15) is 0 Å². The minimum Gasteiger partial charge on any atom is -0.361 e. The quantitative estimate of drug-likeness (QED) is 0.748. The zero-order chi connectivity index (χ0) is 11.4. The summed E-state index contributed by atoms with van der Waals surface area (Å²) in [4.78, 5) is 16.6. The van der Waals surface area contributed by atoms with Crippen molar-refractivity contribution >= 4 is 5.78 Å². The molecule has 1 N–H and O–H groups in total. The van der Waals surface area contributed by atoms with Gasteiger partial charge in [-0.05, 0) is 12.1 Å². The lowest BCUT2D eigenvalue weighted by molar-refractivity contribution is 0.00236. The predicted molar refractivity (Wildman–Crippen MR) is 56.9 cm³/mol. The molecule has 2 rings (SSSR count). The molecule has 0 aromatic carbocycles. The third-order valence-electron chi connectivity index (χ3n) is 2.56. The summed E-state index contributed by atoms with van der Waals surface area (Å²) < 4.78 is 5.21. The molecule has 1 aliphatic heterocycles. The van der Waals surface area contributed by atoms with Crippen LogP contribution in [0.5, 0.6) is 0 Å². The predicted octanol–water partition coefficient (Wildman–Crippen LogP) is 0.422. The van der Waals surface area contributed by atoms with Crippen LogP contribution in [0.15, 0.2) is 18.3 Å². The fourth-order valence-corrected chi connectivity index (χ4v) is 1.72. The normalized spacial score (nSPS) is 21.6. The number of hydrogen-bond donors (Lipinski definition) is 1. The molecule has 1 aliphatic rings. The van der Waals surface area contributed by atoms with Gasteiger partial charge in [-0.25, -0.2) is 0 Å². The Morgan fingerprint density at radius 3 is 3.31 bits per heavy atom.